The Morgan fingerprint density at radius 2 is 1.85 bits per heavy atom. The molecule has 2 aromatic heterocycles. The molecule has 2 aromatic carbocycles. The number of aliphatic hydroxyl groups excluding tert-OH is 1. The number of fused-ring (bicyclic) bond motifs is 1. The summed E-state index contributed by atoms with van der Waals surface area (Å²) < 4.78 is 13.7. The van der Waals surface area contributed by atoms with E-state index in [0.29, 0.717) is 33.5 Å². The number of aromatic nitrogens is 2. The number of nitrogens with zero attached hydrogens (tertiary/aromatic N) is 5. The molecular weight excluding hydrogens is 601 g/mol. The Hall–Kier alpha value is -3.72. The van der Waals surface area contributed by atoms with Gasteiger partial charge in [-0.1, -0.05) is 46.4 Å². The Morgan fingerprint density at radius 3 is 2.52 bits per heavy atom. The van der Waals surface area contributed by atoms with Crippen LogP contribution in [0.15, 0.2) is 58.9 Å². The lowest BCUT2D eigenvalue weighted by molar-refractivity contribution is 0.307. The third-order valence-electron chi connectivity index (χ3n) is 5.60. The van der Waals surface area contributed by atoms with Gasteiger partial charge in [-0.05, 0) is 36.4 Å². The van der Waals surface area contributed by atoms with Crippen molar-refractivity contribution < 1.29 is 9.50 Å². The van der Waals surface area contributed by atoms with Crippen LogP contribution in [0.25, 0.3) is 10.9 Å². The molecule has 0 aliphatic heterocycles. The summed E-state index contributed by atoms with van der Waals surface area (Å²) in [4.78, 5) is 12.6. The summed E-state index contributed by atoms with van der Waals surface area (Å²) in [5.41, 5.74) is 2.65. The smallest absolute Gasteiger partial charge is 0.141 e. The van der Waals surface area contributed by atoms with Crippen molar-refractivity contribution in [2.45, 2.75) is 6.04 Å². The third-order valence-corrected chi connectivity index (χ3v) is 6.71. The number of halogens is 5. The predicted molar refractivity (Wildman–Crippen MR) is 159 cm³/mol. The van der Waals surface area contributed by atoms with E-state index in [1.54, 1.807) is 12.1 Å². The zero-order chi connectivity index (χ0) is 28.8. The highest BCUT2D eigenvalue weighted by atomic mass is 35.5. The van der Waals surface area contributed by atoms with Gasteiger partial charge in [-0.3, -0.25) is 9.98 Å². The average molecular weight is 620 g/mol. The molecule has 0 fully saturated rings. The first-order valence-corrected chi connectivity index (χ1v) is 13.0. The average Bonchev–Trinajstić information content (AvgIpc) is 2.93. The van der Waals surface area contributed by atoms with Crippen LogP contribution in [-0.2, 0) is 0 Å². The summed E-state index contributed by atoms with van der Waals surface area (Å²) in [7, 11) is 0. The molecule has 0 aliphatic carbocycles. The Bertz CT molecular complexity index is 1680. The quantitative estimate of drug-likeness (QED) is 0.0721. The minimum absolute atomic E-state index is 0.0879. The number of anilines is 3. The first-order chi connectivity index (χ1) is 19.2. The van der Waals surface area contributed by atoms with E-state index in [1.807, 2.05) is 0 Å². The van der Waals surface area contributed by atoms with Gasteiger partial charge in [0.05, 0.1) is 45.0 Å². The minimum atomic E-state index is -0.780. The summed E-state index contributed by atoms with van der Waals surface area (Å²) in [5, 5.41) is 30.3. The molecule has 0 spiro atoms. The molecule has 0 radical (unpaired) electrons. The largest absolute Gasteiger partial charge is 0.394 e. The Labute approximate surface area is 248 Å². The van der Waals surface area contributed by atoms with Crippen LogP contribution in [0.1, 0.15) is 17.2 Å². The second-order valence-corrected chi connectivity index (χ2v) is 9.79. The van der Waals surface area contributed by atoms with E-state index in [1.165, 1.54) is 42.9 Å². The number of rotatable bonds is 9. The fourth-order valence-electron chi connectivity index (χ4n) is 3.79. The van der Waals surface area contributed by atoms with E-state index in [-0.39, 0.29) is 44.6 Å². The van der Waals surface area contributed by atoms with Gasteiger partial charge in [-0.25, -0.2) is 9.37 Å². The number of aliphatic imine (C=N–C) groups is 1. The van der Waals surface area contributed by atoms with Crippen molar-refractivity contribution >= 4 is 86.3 Å². The number of pyridine rings is 2. The van der Waals surface area contributed by atoms with Crippen LogP contribution in [0.3, 0.4) is 0 Å². The van der Waals surface area contributed by atoms with Crippen LogP contribution in [0.5, 0.6) is 0 Å². The van der Waals surface area contributed by atoms with Gasteiger partial charge in [0.25, 0.3) is 0 Å². The van der Waals surface area contributed by atoms with E-state index >= 15 is 0 Å². The number of nitrogens with one attached hydrogen (secondary N) is 2. The Kier molecular flexibility index (Phi) is 9.58. The minimum Gasteiger partial charge on any atom is -0.394 e. The standard InChI is InChI=1S/C26H19Cl4FN8O/c27-18-8-23(30)35-11-17(18)26(22(39-33)12-34-3-4-40)38-15-5-16-24(37-14-1-2-21(31)19(28)6-14)13(9-32)10-36-25(16)20(29)7-15/h1-2,5-8,10-12,26,38,40H,3-4,33H2,(H,36,37)/t26-/m0/s1. The van der Waals surface area contributed by atoms with Crippen molar-refractivity contribution in [3.05, 3.63) is 86.0 Å². The van der Waals surface area contributed by atoms with E-state index in [2.05, 4.69) is 36.8 Å². The highest BCUT2D eigenvalue weighted by Crippen LogP contribution is 2.37. The molecule has 4 aromatic rings. The lowest BCUT2D eigenvalue weighted by Gasteiger charge is -2.22. The second-order valence-electron chi connectivity index (χ2n) is 8.19. The maximum atomic E-state index is 13.7. The van der Waals surface area contributed by atoms with Crippen LogP contribution in [0, 0.1) is 17.1 Å². The number of benzene rings is 2. The molecule has 0 saturated carbocycles. The number of hydrogen-bond acceptors (Lipinski definition) is 9. The number of aliphatic hydroxyl groups is 1. The fourth-order valence-corrected chi connectivity index (χ4v) is 4.71. The van der Waals surface area contributed by atoms with Crippen LogP contribution in [0.4, 0.5) is 21.5 Å². The monoisotopic (exact) mass is 618 g/mol. The Balaban J connectivity index is 1.85. The summed E-state index contributed by atoms with van der Waals surface area (Å²) >= 11 is 25.1. The van der Waals surface area contributed by atoms with E-state index in [0.717, 1.165) is 0 Å². The van der Waals surface area contributed by atoms with Crippen molar-refractivity contribution in [3.63, 3.8) is 0 Å². The summed E-state index contributed by atoms with van der Waals surface area (Å²) in [6, 6.07) is 10.2. The molecule has 5 N–H and O–H groups in total. The van der Waals surface area contributed by atoms with Crippen molar-refractivity contribution in [1.29, 1.82) is 5.26 Å². The molecule has 1 atom stereocenters. The summed E-state index contributed by atoms with van der Waals surface area (Å²) in [6.45, 7) is -0.0373. The van der Waals surface area contributed by atoms with Crippen molar-refractivity contribution in [3.8, 4) is 6.07 Å². The van der Waals surface area contributed by atoms with E-state index in [4.69, 9.17) is 57.4 Å². The molecule has 4 rings (SSSR count). The van der Waals surface area contributed by atoms with Gasteiger partial charge in [0.2, 0.25) is 0 Å². The number of hydrazone groups is 1. The lowest BCUT2D eigenvalue weighted by Crippen LogP contribution is -2.24. The highest BCUT2D eigenvalue weighted by molar-refractivity contribution is 6.37. The van der Waals surface area contributed by atoms with Gasteiger partial charge < -0.3 is 21.6 Å². The normalized spacial score (nSPS) is 12.5. The predicted octanol–water partition coefficient (Wildman–Crippen LogP) is 6.53. The molecule has 0 aliphatic rings. The Morgan fingerprint density at radius 1 is 1.07 bits per heavy atom. The zero-order valence-corrected chi connectivity index (χ0v) is 23.4. The molecule has 40 heavy (non-hydrogen) atoms. The maximum Gasteiger partial charge on any atom is 0.141 e. The van der Waals surface area contributed by atoms with Gasteiger partial charge in [0.1, 0.15) is 28.8 Å². The van der Waals surface area contributed by atoms with E-state index in [9.17, 15) is 9.65 Å². The second kappa shape index (κ2) is 13.1. The van der Waals surface area contributed by atoms with Crippen molar-refractivity contribution in [2.75, 3.05) is 23.8 Å². The molecule has 14 heteroatoms. The molecule has 2 heterocycles. The number of nitrogens with two attached hydrogens (primary N) is 1. The molecular formula is C26H19Cl4FN8O. The van der Waals surface area contributed by atoms with Crippen LogP contribution in [-0.4, -0.2) is 40.2 Å². The third kappa shape index (κ3) is 6.53. The maximum absolute atomic E-state index is 13.7. The van der Waals surface area contributed by atoms with E-state index < -0.39 is 11.9 Å². The SMILES string of the molecule is N#Cc1cnc2c(Cl)cc(N[C@H](C(C=NCCO)=NN)c3cnc(Cl)cc3Cl)cc2c1Nc1ccc(F)c(Cl)c1. The topological polar surface area (TPSA) is 145 Å². The highest BCUT2D eigenvalue weighted by Gasteiger charge is 2.23. The molecule has 0 amide bonds. The number of hydrogen-bond donors (Lipinski definition) is 4. The molecule has 9 nitrogen and oxygen atoms in total. The molecule has 204 valence electrons. The van der Waals surface area contributed by atoms with Gasteiger partial charge in [-0.2, -0.15) is 10.4 Å². The summed E-state index contributed by atoms with van der Waals surface area (Å²) in [6.07, 6.45) is 4.26. The first-order valence-electron chi connectivity index (χ1n) is 11.5. The van der Waals surface area contributed by atoms with Gasteiger partial charge >= 0.3 is 0 Å². The first kappa shape index (κ1) is 29.3. The molecule has 0 unspecified atom stereocenters. The van der Waals surface area contributed by atoms with Gasteiger partial charge in [0.15, 0.2) is 0 Å². The molecule has 0 bridgehead atoms. The summed E-state index contributed by atoms with van der Waals surface area (Å²) in [5.74, 6) is 5.12. The van der Waals surface area contributed by atoms with Gasteiger partial charge in [-0.15, -0.1) is 0 Å². The fraction of sp³-hybridized carbons (Fsp3) is 0.115. The van der Waals surface area contributed by atoms with Gasteiger partial charge in [0, 0.05) is 40.9 Å². The lowest BCUT2D eigenvalue weighted by atomic mass is 10.0. The number of nitriles is 1. The van der Waals surface area contributed by atoms with Crippen LogP contribution < -0.4 is 16.5 Å². The van der Waals surface area contributed by atoms with Crippen LogP contribution in [0.2, 0.25) is 20.2 Å². The van der Waals surface area contributed by atoms with Crippen molar-refractivity contribution in [2.24, 2.45) is 15.9 Å². The van der Waals surface area contributed by atoms with Crippen LogP contribution >= 0.6 is 46.4 Å². The van der Waals surface area contributed by atoms with Crippen molar-refractivity contribution in [1.82, 2.24) is 9.97 Å². The molecule has 0 saturated heterocycles. The zero-order valence-electron chi connectivity index (χ0n) is 20.3.